The highest BCUT2D eigenvalue weighted by atomic mass is 35.5. The normalized spacial score (nSPS) is 12.2. The molecule has 0 unspecified atom stereocenters. The average molecular weight is 227 g/mol. The molecule has 0 saturated heterocycles. The number of nitrogens with one attached hydrogen (secondary N) is 1. The van der Waals surface area contributed by atoms with Crippen molar-refractivity contribution < 1.29 is 4.79 Å². The minimum absolute atomic E-state index is 0.118. The summed E-state index contributed by atoms with van der Waals surface area (Å²) in [6.45, 7) is 2.37. The molecule has 82 valence electrons. The maximum Gasteiger partial charge on any atom is 0.237 e. The second kappa shape index (κ2) is 5.73. The fourth-order valence-electron chi connectivity index (χ4n) is 1.11. The van der Waals surface area contributed by atoms with Crippen LogP contribution in [0.3, 0.4) is 0 Å². The smallest absolute Gasteiger partial charge is 0.237 e. The summed E-state index contributed by atoms with van der Waals surface area (Å²) in [6.07, 6.45) is 0.645. The molecule has 3 nitrogen and oxygen atoms in total. The van der Waals surface area contributed by atoms with E-state index in [9.17, 15) is 4.79 Å². The zero-order chi connectivity index (χ0) is 11.3. The van der Waals surface area contributed by atoms with E-state index < -0.39 is 6.04 Å². The first-order chi connectivity index (χ1) is 7.13. The van der Waals surface area contributed by atoms with Crippen LogP contribution in [0.4, 0.5) is 0 Å². The molecular weight excluding hydrogens is 212 g/mol. The van der Waals surface area contributed by atoms with Crippen molar-refractivity contribution >= 4 is 17.5 Å². The summed E-state index contributed by atoms with van der Waals surface area (Å²) >= 11 is 5.74. The Labute approximate surface area is 94.6 Å². The maximum atomic E-state index is 11.4. The van der Waals surface area contributed by atoms with E-state index in [1.165, 1.54) is 0 Å². The van der Waals surface area contributed by atoms with Crippen molar-refractivity contribution in [1.29, 1.82) is 0 Å². The van der Waals surface area contributed by atoms with Gasteiger partial charge >= 0.3 is 0 Å². The van der Waals surface area contributed by atoms with Gasteiger partial charge in [0, 0.05) is 11.6 Å². The van der Waals surface area contributed by atoms with E-state index in [1.807, 2.05) is 19.1 Å². The predicted molar refractivity (Wildman–Crippen MR) is 61.6 cm³/mol. The minimum Gasteiger partial charge on any atom is -0.351 e. The third-order valence-corrected chi connectivity index (χ3v) is 2.41. The number of nitrogens with two attached hydrogens (primary N) is 1. The van der Waals surface area contributed by atoms with Gasteiger partial charge in [-0.05, 0) is 24.1 Å². The van der Waals surface area contributed by atoms with E-state index >= 15 is 0 Å². The predicted octanol–water partition coefficient (Wildman–Crippen LogP) is 1.69. The summed E-state index contributed by atoms with van der Waals surface area (Å²) in [5.41, 5.74) is 6.58. The molecule has 4 heteroatoms. The molecule has 1 amide bonds. The second-order valence-corrected chi connectivity index (χ2v) is 3.80. The van der Waals surface area contributed by atoms with Crippen molar-refractivity contribution in [1.82, 2.24) is 5.32 Å². The maximum absolute atomic E-state index is 11.4. The fraction of sp³-hybridized carbons (Fsp3) is 0.364. The second-order valence-electron chi connectivity index (χ2n) is 3.36. The Kier molecular flexibility index (Phi) is 4.59. The third-order valence-electron chi connectivity index (χ3n) is 2.16. The third kappa shape index (κ3) is 3.90. The molecule has 3 N–H and O–H groups in total. The Morgan fingerprint density at radius 3 is 2.60 bits per heavy atom. The molecule has 0 radical (unpaired) electrons. The van der Waals surface area contributed by atoms with Gasteiger partial charge < -0.3 is 11.1 Å². The summed E-state index contributed by atoms with van der Waals surface area (Å²) < 4.78 is 0. The van der Waals surface area contributed by atoms with Gasteiger partial charge in [0.25, 0.3) is 0 Å². The van der Waals surface area contributed by atoms with Crippen molar-refractivity contribution in [2.24, 2.45) is 5.73 Å². The Morgan fingerprint density at radius 2 is 2.07 bits per heavy atom. The van der Waals surface area contributed by atoms with Gasteiger partial charge in [0.1, 0.15) is 0 Å². The molecule has 0 heterocycles. The highest BCUT2D eigenvalue weighted by molar-refractivity contribution is 6.30. The number of hydrogen-bond acceptors (Lipinski definition) is 2. The van der Waals surface area contributed by atoms with Crippen LogP contribution in [0.1, 0.15) is 18.9 Å². The van der Waals surface area contributed by atoms with Crippen LogP contribution in [0, 0.1) is 0 Å². The quantitative estimate of drug-likeness (QED) is 0.821. The van der Waals surface area contributed by atoms with Crippen LogP contribution in [0.5, 0.6) is 0 Å². The van der Waals surface area contributed by atoms with Crippen LogP contribution < -0.4 is 11.1 Å². The van der Waals surface area contributed by atoms with Gasteiger partial charge in [-0.2, -0.15) is 0 Å². The topological polar surface area (TPSA) is 55.1 Å². The Morgan fingerprint density at radius 1 is 1.47 bits per heavy atom. The molecule has 15 heavy (non-hydrogen) atoms. The minimum atomic E-state index is -0.419. The molecule has 1 aromatic carbocycles. The SMILES string of the molecule is CC[C@@H](N)C(=O)NCc1ccc(Cl)cc1. The van der Waals surface area contributed by atoms with Gasteiger partial charge in [-0.25, -0.2) is 0 Å². The van der Waals surface area contributed by atoms with Gasteiger partial charge in [0.05, 0.1) is 6.04 Å². The van der Waals surface area contributed by atoms with Crippen LogP contribution in [-0.4, -0.2) is 11.9 Å². The molecule has 0 bridgehead atoms. The molecule has 0 aliphatic carbocycles. The molecule has 0 aromatic heterocycles. The van der Waals surface area contributed by atoms with Crippen molar-refractivity contribution in [3.05, 3.63) is 34.9 Å². The van der Waals surface area contributed by atoms with E-state index in [0.717, 1.165) is 5.56 Å². The largest absolute Gasteiger partial charge is 0.351 e. The highest BCUT2D eigenvalue weighted by Crippen LogP contribution is 2.09. The Hall–Kier alpha value is -1.06. The van der Waals surface area contributed by atoms with Crippen molar-refractivity contribution in [3.8, 4) is 0 Å². The van der Waals surface area contributed by atoms with Crippen LogP contribution >= 0.6 is 11.6 Å². The van der Waals surface area contributed by atoms with Crippen LogP contribution in [0.15, 0.2) is 24.3 Å². The van der Waals surface area contributed by atoms with Gasteiger partial charge in [0.15, 0.2) is 0 Å². The average Bonchev–Trinajstić information content (AvgIpc) is 2.26. The Balaban J connectivity index is 2.43. The Bertz CT molecular complexity index is 324. The summed E-state index contributed by atoms with van der Waals surface area (Å²) in [5, 5.41) is 3.45. The van der Waals surface area contributed by atoms with Gasteiger partial charge in [-0.3, -0.25) is 4.79 Å². The van der Waals surface area contributed by atoms with Gasteiger partial charge in [-0.15, -0.1) is 0 Å². The molecule has 1 atom stereocenters. The summed E-state index contributed by atoms with van der Waals surface area (Å²) in [5.74, 6) is -0.118. The highest BCUT2D eigenvalue weighted by Gasteiger charge is 2.09. The number of rotatable bonds is 4. The van der Waals surface area contributed by atoms with E-state index in [0.29, 0.717) is 18.0 Å². The zero-order valence-electron chi connectivity index (χ0n) is 8.66. The lowest BCUT2D eigenvalue weighted by Gasteiger charge is -2.09. The monoisotopic (exact) mass is 226 g/mol. The molecular formula is C11H15ClN2O. The number of benzene rings is 1. The summed E-state index contributed by atoms with van der Waals surface area (Å²) in [6, 6.07) is 6.92. The van der Waals surface area contributed by atoms with Crippen LogP contribution in [0.2, 0.25) is 5.02 Å². The first-order valence-electron chi connectivity index (χ1n) is 4.91. The molecule has 0 saturated carbocycles. The molecule has 0 aliphatic heterocycles. The molecule has 1 rings (SSSR count). The zero-order valence-corrected chi connectivity index (χ0v) is 9.42. The number of carbonyl (C=O) groups excluding carboxylic acids is 1. The van der Waals surface area contributed by atoms with Gasteiger partial charge in [-0.1, -0.05) is 30.7 Å². The van der Waals surface area contributed by atoms with Crippen molar-refractivity contribution in [3.63, 3.8) is 0 Å². The van der Waals surface area contributed by atoms with E-state index in [4.69, 9.17) is 17.3 Å². The fourth-order valence-corrected chi connectivity index (χ4v) is 1.23. The van der Waals surface area contributed by atoms with E-state index in [2.05, 4.69) is 5.32 Å². The van der Waals surface area contributed by atoms with Gasteiger partial charge in [0.2, 0.25) is 5.91 Å². The standard InChI is InChI=1S/C11H15ClN2O/c1-2-10(13)11(15)14-7-8-3-5-9(12)6-4-8/h3-6,10H,2,7,13H2,1H3,(H,14,15)/t10-/m1/s1. The van der Waals surface area contributed by atoms with E-state index in [-0.39, 0.29) is 5.91 Å². The van der Waals surface area contributed by atoms with Crippen molar-refractivity contribution in [2.45, 2.75) is 25.9 Å². The number of hydrogen-bond donors (Lipinski definition) is 2. The number of halogens is 1. The lowest BCUT2D eigenvalue weighted by molar-refractivity contribution is -0.122. The first-order valence-corrected chi connectivity index (χ1v) is 5.29. The molecule has 1 aromatic rings. The molecule has 0 spiro atoms. The summed E-state index contributed by atoms with van der Waals surface area (Å²) in [4.78, 5) is 11.4. The van der Waals surface area contributed by atoms with Crippen molar-refractivity contribution in [2.75, 3.05) is 0 Å². The number of amides is 1. The molecule has 0 aliphatic rings. The van der Waals surface area contributed by atoms with Crippen LogP contribution in [-0.2, 0) is 11.3 Å². The molecule has 0 fully saturated rings. The van der Waals surface area contributed by atoms with E-state index in [1.54, 1.807) is 12.1 Å². The van der Waals surface area contributed by atoms with Crippen LogP contribution in [0.25, 0.3) is 0 Å². The number of carbonyl (C=O) groups is 1. The lowest BCUT2D eigenvalue weighted by atomic mass is 10.2. The lowest BCUT2D eigenvalue weighted by Crippen LogP contribution is -2.39. The summed E-state index contributed by atoms with van der Waals surface area (Å²) in [7, 11) is 0. The first kappa shape index (κ1) is 12.0.